The van der Waals surface area contributed by atoms with E-state index < -0.39 is 23.4 Å². The molecule has 0 aromatic heterocycles. The van der Waals surface area contributed by atoms with E-state index in [1.165, 1.54) is 6.07 Å². The number of esters is 1. The molecule has 0 saturated carbocycles. The molecule has 10 heteroatoms. The molecule has 0 unspecified atom stereocenters. The maximum absolute atomic E-state index is 12.0. The summed E-state index contributed by atoms with van der Waals surface area (Å²) in [5.41, 5.74) is 0.473. The normalized spacial score (nSPS) is 11.7. The molecular weight excluding hydrogens is 380 g/mol. The summed E-state index contributed by atoms with van der Waals surface area (Å²) in [4.78, 5) is 33.8. The lowest BCUT2D eigenvalue weighted by atomic mass is 10.2. The summed E-state index contributed by atoms with van der Waals surface area (Å²) in [5, 5.41) is 13.1. The van der Waals surface area contributed by atoms with E-state index in [-0.39, 0.29) is 29.6 Å². The van der Waals surface area contributed by atoms with E-state index in [2.05, 4.69) is 5.32 Å². The summed E-state index contributed by atoms with van der Waals surface area (Å²) < 4.78 is 15.3. The van der Waals surface area contributed by atoms with Gasteiger partial charge in [-0.2, -0.15) is 0 Å². The number of amides is 1. The predicted molar refractivity (Wildman–Crippen MR) is 92.8 cm³/mol. The quantitative estimate of drug-likeness (QED) is 0.455. The molecule has 3 rings (SSSR count). The maximum atomic E-state index is 12.0. The van der Waals surface area contributed by atoms with E-state index in [1.807, 2.05) is 0 Å². The summed E-state index contributed by atoms with van der Waals surface area (Å²) in [6.07, 6.45) is 0. The van der Waals surface area contributed by atoms with Crippen molar-refractivity contribution in [2.24, 2.45) is 0 Å². The van der Waals surface area contributed by atoms with Gasteiger partial charge in [0.15, 0.2) is 18.1 Å². The van der Waals surface area contributed by atoms with Crippen molar-refractivity contribution < 1.29 is 28.7 Å². The summed E-state index contributed by atoms with van der Waals surface area (Å²) in [6.45, 7) is -0.145. The molecule has 1 heterocycles. The molecule has 9 nitrogen and oxygen atoms in total. The summed E-state index contributed by atoms with van der Waals surface area (Å²) >= 11 is 5.84. The second kappa shape index (κ2) is 7.92. The molecule has 1 aliphatic rings. The first-order chi connectivity index (χ1) is 12.9. The SMILES string of the molecule is O=C(COC(=O)c1ccc([N+](=O)[O-])cc1Cl)NCc1ccc2c(c1)OCO2. The van der Waals surface area contributed by atoms with Crippen molar-refractivity contribution >= 4 is 29.2 Å². The number of rotatable bonds is 6. The molecule has 1 aliphatic heterocycles. The van der Waals surface area contributed by atoms with E-state index in [9.17, 15) is 19.7 Å². The van der Waals surface area contributed by atoms with Gasteiger partial charge in [-0.3, -0.25) is 14.9 Å². The molecule has 1 amide bonds. The Kier molecular flexibility index (Phi) is 5.41. The molecule has 140 valence electrons. The monoisotopic (exact) mass is 392 g/mol. The van der Waals surface area contributed by atoms with Crippen LogP contribution in [0.3, 0.4) is 0 Å². The minimum Gasteiger partial charge on any atom is -0.454 e. The second-order valence-electron chi connectivity index (χ2n) is 5.46. The number of nitrogens with zero attached hydrogens (tertiary/aromatic N) is 1. The van der Waals surface area contributed by atoms with E-state index in [0.717, 1.165) is 17.7 Å². The smallest absolute Gasteiger partial charge is 0.340 e. The van der Waals surface area contributed by atoms with Gasteiger partial charge in [-0.25, -0.2) is 4.79 Å². The summed E-state index contributed by atoms with van der Waals surface area (Å²) in [7, 11) is 0. The third-order valence-electron chi connectivity index (χ3n) is 3.64. The average molecular weight is 393 g/mol. The number of benzene rings is 2. The Balaban J connectivity index is 1.50. The highest BCUT2D eigenvalue weighted by atomic mass is 35.5. The molecule has 0 atom stereocenters. The lowest BCUT2D eigenvalue weighted by Crippen LogP contribution is -2.28. The van der Waals surface area contributed by atoms with Crippen LogP contribution in [0.4, 0.5) is 5.69 Å². The number of ether oxygens (including phenoxy) is 3. The maximum Gasteiger partial charge on any atom is 0.340 e. The van der Waals surface area contributed by atoms with Crippen LogP contribution in [0.15, 0.2) is 36.4 Å². The zero-order chi connectivity index (χ0) is 19.4. The van der Waals surface area contributed by atoms with Crippen LogP contribution in [0.25, 0.3) is 0 Å². The Morgan fingerprint density at radius 2 is 1.96 bits per heavy atom. The van der Waals surface area contributed by atoms with Crippen molar-refractivity contribution in [1.82, 2.24) is 5.32 Å². The Hall–Kier alpha value is -3.33. The fourth-order valence-corrected chi connectivity index (χ4v) is 2.55. The Labute approximate surface area is 157 Å². The lowest BCUT2D eigenvalue weighted by molar-refractivity contribution is -0.384. The van der Waals surface area contributed by atoms with Gasteiger partial charge in [-0.05, 0) is 23.8 Å². The summed E-state index contributed by atoms with van der Waals surface area (Å²) in [6, 6.07) is 8.59. The molecule has 0 aliphatic carbocycles. The minimum atomic E-state index is -0.854. The predicted octanol–water partition coefficient (Wildman–Crippen LogP) is 2.45. The molecule has 0 fully saturated rings. The average Bonchev–Trinajstić information content (AvgIpc) is 3.12. The number of halogens is 1. The van der Waals surface area contributed by atoms with Crippen LogP contribution in [-0.4, -0.2) is 30.2 Å². The molecule has 0 spiro atoms. The third-order valence-corrected chi connectivity index (χ3v) is 3.96. The molecule has 0 radical (unpaired) electrons. The minimum absolute atomic E-state index is 0.0640. The van der Waals surface area contributed by atoms with Crippen LogP contribution < -0.4 is 14.8 Å². The molecular formula is C17H13ClN2O7. The van der Waals surface area contributed by atoms with Gasteiger partial charge in [0, 0.05) is 18.7 Å². The Morgan fingerprint density at radius 1 is 1.19 bits per heavy atom. The van der Waals surface area contributed by atoms with Gasteiger partial charge in [0.25, 0.3) is 11.6 Å². The van der Waals surface area contributed by atoms with Crippen LogP contribution in [0.2, 0.25) is 5.02 Å². The molecule has 1 N–H and O–H groups in total. The molecule has 0 saturated heterocycles. The van der Waals surface area contributed by atoms with E-state index in [0.29, 0.717) is 11.5 Å². The number of non-ortho nitro benzene ring substituents is 1. The number of hydrogen-bond acceptors (Lipinski definition) is 7. The van der Waals surface area contributed by atoms with Gasteiger partial charge in [0.1, 0.15) is 0 Å². The fraction of sp³-hybridized carbons (Fsp3) is 0.176. The van der Waals surface area contributed by atoms with Gasteiger partial charge in [0.05, 0.1) is 15.5 Å². The molecule has 0 bridgehead atoms. The number of carbonyl (C=O) groups is 2. The zero-order valence-corrected chi connectivity index (χ0v) is 14.5. The highest BCUT2D eigenvalue weighted by Gasteiger charge is 2.17. The number of hydrogen-bond donors (Lipinski definition) is 1. The number of nitro benzene ring substituents is 1. The van der Waals surface area contributed by atoms with Gasteiger partial charge >= 0.3 is 5.97 Å². The first-order valence-corrected chi connectivity index (χ1v) is 8.08. The Morgan fingerprint density at radius 3 is 2.70 bits per heavy atom. The van der Waals surface area contributed by atoms with Crippen molar-refractivity contribution in [2.45, 2.75) is 6.54 Å². The third kappa shape index (κ3) is 4.45. The van der Waals surface area contributed by atoms with E-state index in [4.69, 9.17) is 25.8 Å². The van der Waals surface area contributed by atoms with Gasteiger partial charge in [0.2, 0.25) is 6.79 Å². The number of nitrogens with one attached hydrogen (secondary N) is 1. The van der Waals surface area contributed by atoms with Crippen LogP contribution >= 0.6 is 11.6 Å². The molecule has 2 aromatic carbocycles. The highest BCUT2D eigenvalue weighted by Crippen LogP contribution is 2.32. The Bertz CT molecular complexity index is 916. The standard InChI is InChI=1S/C17H13ClN2O7/c18-13-6-11(20(23)24)2-3-12(13)17(22)25-8-16(21)19-7-10-1-4-14-15(5-10)27-9-26-14/h1-6H,7-9H2,(H,19,21). The number of carbonyl (C=O) groups excluding carboxylic acids is 2. The number of nitro groups is 1. The lowest BCUT2D eigenvalue weighted by Gasteiger charge is -2.08. The van der Waals surface area contributed by atoms with Crippen LogP contribution in [0, 0.1) is 10.1 Å². The summed E-state index contributed by atoms with van der Waals surface area (Å²) in [5.74, 6) is -0.132. The van der Waals surface area contributed by atoms with Crippen molar-refractivity contribution in [1.29, 1.82) is 0 Å². The fourth-order valence-electron chi connectivity index (χ4n) is 2.29. The zero-order valence-electron chi connectivity index (χ0n) is 13.8. The first kappa shape index (κ1) is 18.5. The van der Waals surface area contributed by atoms with Crippen LogP contribution in [0.5, 0.6) is 11.5 Å². The van der Waals surface area contributed by atoms with E-state index >= 15 is 0 Å². The van der Waals surface area contributed by atoms with Gasteiger partial charge < -0.3 is 19.5 Å². The van der Waals surface area contributed by atoms with Crippen molar-refractivity contribution in [3.05, 3.63) is 62.7 Å². The topological polar surface area (TPSA) is 117 Å². The van der Waals surface area contributed by atoms with E-state index in [1.54, 1.807) is 18.2 Å². The number of fused-ring (bicyclic) bond motifs is 1. The largest absolute Gasteiger partial charge is 0.454 e. The van der Waals surface area contributed by atoms with Crippen molar-refractivity contribution in [2.75, 3.05) is 13.4 Å². The van der Waals surface area contributed by atoms with Crippen LogP contribution in [0.1, 0.15) is 15.9 Å². The highest BCUT2D eigenvalue weighted by molar-refractivity contribution is 6.33. The van der Waals surface area contributed by atoms with Crippen molar-refractivity contribution in [3.8, 4) is 11.5 Å². The van der Waals surface area contributed by atoms with Crippen molar-refractivity contribution in [3.63, 3.8) is 0 Å². The first-order valence-electron chi connectivity index (χ1n) is 7.70. The second-order valence-corrected chi connectivity index (χ2v) is 5.87. The molecule has 2 aromatic rings. The van der Waals surface area contributed by atoms with Gasteiger partial charge in [-0.1, -0.05) is 17.7 Å². The van der Waals surface area contributed by atoms with Crippen LogP contribution in [-0.2, 0) is 16.1 Å². The molecule has 27 heavy (non-hydrogen) atoms. The van der Waals surface area contributed by atoms with Gasteiger partial charge in [-0.15, -0.1) is 0 Å².